The molecule has 0 aliphatic heterocycles. The molecule has 1 aliphatic carbocycles. The van der Waals surface area contributed by atoms with Gasteiger partial charge in [0.05, 0.1) is 9.82 Å². The van der Waals surface area contributed by atoms with Crippen LogP contribution in [-0.4, -0.2) is 17.9 Å². The Labute approximate surface area is 171 Å². The molecule has 1 aromatic rings. The van der Waals surface area contributed by atoms with E-state index < -0.39 is 19.9 Å². The Hall–Kier alpha value is -0.470. The number of hydrogen-bond donors (Lipinski definition) is 0. The van der Waals surface area contributed by atoms with Gasteiger partial charge < -0.3 is 4.55 Å². The number of benzene rings is 1. The molecule has 0 spiro atoms. The number of hydrogen-bond acceptors (Lipinski definition) is 5. The van der Waals surface area contributed by atoms with Gasteiger partial charge in [0.1, 0.15) is 10.1 Å². The molecule has 134 valence electrons. The third kappa shape index (κ3) is 6.03. The van der Waals surface area contributed by atoms with E-state index in [0.29, 0.717) is 17.5 Å². The Morgan fingerprint density at radius 3 is 2.40 bits per heavy atom. The first-order valence-corrected chi connectivity index (χ1v) is 10.0. The zero-order chi connectivity index (χ0) is 17.7. The van der Waals surface area contributed by atoms with Crippen molar-refractivity contribution in [2.24, 2.45) is 0 Å². The second kappa shape index (κ2) is 10.0. The van der Waals surface area contributed by atoms with Crippen molar-refractivity contribution < 1.29 is 47.5 Å². The fraction of sp³-hybridized carbons (Fsp3) is 0.647. The molecule has 0 N–H and O–H groups in total. The maximum atomic E-state index is 11.3. The number of nitrogens with zero attached hydrogens (tertiary/aromatic N) is 1. The van der Waals surface area contributed by atoms with Crippen LogP contribution in [0.5, 0.6) is 0 Å². The molecule has 0 bridgehead atoms. The standard InChI is InChI=1S/C17H25NO5S.Na/c1-2-3-4-5-6-7-8-13-9-10-15-16(13)11-14(24(21,22)23)12-17(15)18(19)20;/h11-13H,2-10H2,1H3,(H,21,22,23);/q;+1/p-1. The summed E-state index contributed by atoms with van der Waals surface area (Å²) in [4.78, 5) is 10.1. The van der Waals surface area contributed by atoms with Gasteiger partial charge in [0.25, 0.3) is 5.69 Å². The van der Waals surface area contributed by atoms with Gasteiger partial charge in [0, 0.05) is 11.6 Å². The third-order valence-electron chi connectivity index (χ3n) is 4.81. The number of rotatable bonds is 9. The average molecular weight is 377 g/mol. The fourth-order valence-electron chi connectivity index (χ4n) is 3.54. The van der Waals surface area contributed by atoms with E-state index in [1.807, 2.05) is 0 Å². The molecule has 25 heavy (non-hydrogen) atoms. The molecule has 8 heteroatoms. The second-order valence-electron chi connectivity index (χ2n) is 6.51. The van der Waals surface area contributed by atoms with Crippen LogP contribution in [0.2, 0.25) is 0 Å². The van der Waals surface area contributed by atoms with Gasteiger partial charge in [0.2, 0.25) is 0 Å². The van der Waals surface area contributed by atoms with Gasteiger partial charge in [-0.2, -0.15) is 0 Å². The van der Waals surface area contributed by atoms with Crippen LogP contribution in [-0.2, 0) is 16.5 Å². The molecular formula is C17H24NNaO5S. The van der Waals surface area contributed by atoms with E-state index >= 15 is 0 Å². The molecule has 0 aromatic heterocycles. The molecule has 0 radical (unpaired) electrons. The Bertz CT molecular complexity index is 705. The number of nitro groups is 1. The largest absolute Gasteiger partial charge is 1.00 e. The van der Waals surface area contributed by atoms with E-state index in [0.717, 1.165) is 31.7 Å². The van der Waals surface area contributed by atoms with Crippen molar-refractivity contribution in [3.63, 3.8) is 0 Å². The summed E-state index contributed by atoms with van der Waals surface area (Å²) in [6.07, 6.45) is 9.24. The van der Waals surface area contributed by atoms with Gasteiger partial charge in [-0.3, -0.25) is 10.1 Å². The van der Waals surface area contributed by atoms with Crippen LogP contribution in [0.25, 0.3) is 0 Å². The van der Waals surface area contributed by atoms with Crippen LogP contribution in [0.3, 0.4) is 0 Å². The maximum Gasteiger partial charge on any atom is 1.00 e. The third-order valence-corrected chi connectivity index (χ3v) is 5.62. The normalized spacial score (nSPS) is 16.3. The van der Waals surface area contributed by atoms with Gasteiger partial charge in [-0.25, -0.2) is 8.42 Å². The molecule has 1 aliphatic rings. The van der Waals surface area contributed by atoms with Crippen molar-refractivity contribution >= 4 is 15.8 Å². The van der Waals surface area contributed by atoms with E-state index in [1.165, 1.54) is 31.7 Å². The molecule has 0 saturated heterocycles. The quantitative estimate of drug-likeness (QED) is 0.212. The van der Waals surface area contributed by atoms with Crippen LogP contribution in [0.4, 0.5) is 5.69 Å². The van der Waals surface area contributed by atoms with Crippen LogP contribution in [0, 0.1) is 10.1 Å². The fourth-order valence-corrected chi connectivity index (χ4v) is 4.07. The molecule has 1 aromatic carbocycles. The summed E-state index contributed by atoms with van der Waals surface area (Å²) in [6, 6.07) is 2.27. The number of unbranched alkanes of at least 4 members (excludes halogenated alkanes) is 5. The number of fused-ring (bicyclic) bond motifs is 1. The molecule has 2 rings (SSSR count). The van der Waals surface area contributed by atoms with Crippen LogP contribution in [0.15, 0.2) is 17.0 Å². The molecule has 0 fully saturated rings. The minimum atomic E-state index is -4.69. The predicted molar refractivity (Wildman–Crippen MR) is 90.1 cm³/mol. The minimum absolute atomic E-state index is 0. The molecule has 0 amide bonds. The average Bonchev–Trinajstić information content (AvgIpc) is 2.92. The monoisotopic (exact) mass is 377 g/mol. The van der Waals surface area contributed by atoms with E-state index in [4.69, 9.17) is 0 Å². The van der Waals surface area contributed by atoms with Gasteiger partial charge in [0.15, 0.2) is 0 Å². The Kier molecular flexibility index (Phi) is 9.04. The topological polar surface area (TPSA) is 100 Å². The molecule has 0 heterocycles. The molecule has 6 nitrogen and oxygen atoms in total. The number of nitro benzene ring substituents is 1. The van der Waals surface area contributed by atoms with E-state index in [1.54, 1.807) is 0 Å². The van der Waals surface area contributed by atoms with Crippen molar-refractivity contribution in [3.8, 4) is 0 Å². The van der Waals surface area contributed by atoms with Crippen molar-refractivity contribution in [1.82, 2.24) is 0 Å². The van der Waals surface area contributed by atoms with Gasteiger partial charge in [-0.15, -0.1) is 0 Å². The Balaban J connectivity index is 0.00000312. The maximum absolute atomic E-state index is 11.3. The summed E-state index contributed by atoms with van der Waals surface area (Å²) in [5.74, 6) is 0.117. The van der Waals surface area contributed by atoms with E-state index in [9.17, 15) is 23.1 Å². The molecule has 0 saturated carbocycles. The van der Waals surface area contributed by atoms with Crippen molar-refractivity contribution in [2.45, 2.75) is 75.5 Å². The SMILES string of the molecule is CCCCCCCCC1CCc2c1cc(S(=O)(=O)[O-])cc2[N+](=O)[O-].[Na+]. The summed E-state index contributed by atoms with van der Waals surface area (Å²) >= 11 is 0. The Morgan fingerprint density at radius 1 is 1.16 bits per heavy atom. The van der Waals surface area contributed by atoms with E-state index in [-0.39, 0.29) is 41.2 Å². The molecule has 1 unspecified atom stereocenters. The predicted octanol–water partition coefficient (Wildman–Crippen LogP) is 1.28. The van der Waals surface area contributed by atoms with Crippen molar-refractivity contribution in [3.05, 3.63) is 33.4 Å². The van der Waals surface area contributed by atoms with Gasteiger partial charge in [-0.1, -0.05) is 45.4 Å². The smallest absolute Gasteiger partial charge is 0.744 e. The van der Waals surface area contributed by atoms with Crippen molar-refractivity contribution in [1.29, 1.82) is 0 Å². The van der Waals surface area contributed by atoms with E-state index in [2.05, 4.69) is 6.92 Å². The van der Waals surface area contributed by atoms with Crippen LogP contribution in [0.1, 0.15) is 75.3 Å². The summed E-state index contributed by atoms with van der Waals surface area (Å²) in [5.41, 5.74) is 1.06. The summed E-state index contributed by atoms with van der Waals surface area (Å²) in [7, 11) is -4.69. The van der Waals surface area contributed by atoms with Crippen LogP contribution < -0.4 is 29.6 Å². The summed E-state index contributed by atoms with van der Waals surface area (Å²) in [6.45, 7) is 2.17. The Morgan fingerprint density at radius 2 is 1.80 bits per heavy atom. The minimum Gasteiger partial charge on any atom is -0.744 e. The molecule has 1 atom stereocenters. The first kappa shape index (κ1) is 22.6. The first-order valence-electron chi connectivity index (χ1n) is 8.61. The first-order chi connectivity index (χ1) is 11.3. The van der Waals surface area contributed by atoms with Crippen molar-refractivity contribution in [2.75, 3.05) is 0 Å². The van der Waals surface area contributed by atoms with Gasteiger partial charge in [-0.05, 0) is 36.8 Å². The molecular weight excluding hydrogens is 353 g/mol. The summed E-state index contributed by atoms with van der Waals surface area (Å²) in [5, 5.41) is 11.2. The van der Waals surface area contributed by atoms with Gasteiger partial charge >= 0.3 is 29.6 Å². The van der Waals surface area contributed by atoms with Crippen LogP contribution >= 0.6 is 0 Å². The zero-order valence-electron chi connectivity index (χ0n) is 15.0. The summed E-state index contributed by atoms with van der Waals surface area (Å²) < 4.78 is 33.9. The zero-order valence-corrected chi connectivity index (χ0v) is 17.8. The second-order valence-corrected chi connectivity index (χ2v) is 7.89.